The Morgan fingerprint density at radius 1 is 0.566 bits per heavy atom. The number of likely N-dealkylation sites (tertiary alicyclic amines) is 2. The lowest BCUT2D eigenvalue weighted by Crippen LogP contribution is -2.46. The van der Waals surface area contributed by atoms with Crippen molar-refractivity contribution in [2.75, 3.05) is 23.7 Å². The number of aromatic amines is 1. The predicted molar refractivity (Wildman–Crippen MR) is 198 cm³/mol. The van der Waals surface area contributed by atoms with Gasteiger partial charge in [0.25, 0.3) is 11.8 Å². The van der Waals surface area contributed by atoms with Crippen LogP contribution in [0.15, 0.2) is 115 Å². The first-order chi connectivity index (χ1) is 25.8. The molecular formula is C41H36N6O6. The number of nitrogens with one attached hydrogen (secondary N) is 3. The Morgan fingerprint density at radius 2 is 1.00 bits per heavy atom. The van der Waals surface area contributed by atoms with Gasteiger partial charge < -0.3 is 20.4 Å². The molecule has 3 heterocycles. The van der Waals surface area contributed by atoms with Gasteiger partial charge in [0, 0.05) is 41.2 Å². The summed E-state index contributed by atoms with van der Waals surface area (Å²) in [5.74, 6) is -3.31. The fourth-order valence-corrected chi connectivity index (χ4v) is 6.78. The van der Waals surface area contributed by atoms with E-state index in [4.69, 9.17) is 0 Å². The first kappa shape index (κ1) is 34.7. The smallest absolute Gasteiger partial charge is 0.295 e. The molecule has 0 bridgehead atoms. The van der Waals surface area contributed by atoms with Crippen LogP contribution in [0.25, 0.3) is 22.5 Å². The molecule has 0 radical (unpaired) electrons. The van der Waals surface area contributed by atoms with E-state index in [-0.39, 0.29) is 11.8 Å². The van der Waals surface area contributed by atoms with E-state index >= 15 is 0 Å². The lowest BCUT2D eigenvalue weighted by Gasteiger charge is -2.23. The number of carbonyl (C=O) groups is 6. The first-order valence-electron chi connectivity index (χ1n) is 17.5. The second kappa shape index (κ2) is 15.3. The molecule has 1 aromatic heterocycles. The molecule has 2 fully saturated rings. The van der Waals surface area contributed by atoms with E-state index in [1.807, 2.05) is 30.3 Å². The molecule has 12 heteroatoms. The van der Waals surface area contributed by atoms with Gasteiger partial charge in [-0.05, 0) is 61.6 Å². The van der Waals surface area contributed by atoms with E-state index in [0.717, 1.165) is 16.8 Å². The van der Waals surface area contributed by atoms with Crippen LogP contribution in [0.3, 0.4) is 0 Å². The van der Waals surface area contributed by atoms with Crippen molar-refractivity contribution in [1.29, 1.82) is 0 Å². The Hall–Kier alpha value is -6.69. The minimum Gasteiger partial charge on any atom is -0.324 e. The average molecular weight is 709 g/mol. The van der Waals surface area contributed by atoms with Crippen LogP contribution in [0.2, 0.25) is 0 Å². The molecule has 2 unspecified atom stereocenters. The minimum absolute atomic E-state index is 0.294. The molecule has 2 aliphatic heterocycles. The largest absolute Gasteiger partial charge is 0.324 e. The Kier molecular flexibility index (Phi) is 10.0. The third kappa shape index (κ3) is 7.52. The van der Waals surface area contributed by atoms with Gasteiger partial charge >= 0.3 is 0 Å². The number of hydrogen-bond acceptors (Lipinski definition) is 7. The number of Topliss-reactive ketones (excluding diaryl/α,β-unsaturated/α-hetero) is 2. The first-order valence-corrected chi connectivity index (χ1v) is 17.5. The molecule has 2 aliphatic rings. The zero-order valence-electron chi connectivity index (χ0n) is 28.7. The van der Waals surface area contributed by atoms with Gasteiger partial charge in [0.05, 0.1) is 11.4 Å². The number of benzene rings is 4. The van der Waals surface area contributed by atoms with Gasteiger partial charge in [0.1, 0.15) is 12.1 Å². The van der Waals surface area contributed by atoms with Crippen LogP contribution in [-0.4, -0.2) is 80.4 Å². The van der Waals surface area contributed by atoms with Gasteiger partial charge in [0.15, 0.2) is 0 Å². The average Bonchev–Trinajstić information content (AvgIpc) is 4.00. The van der Waals surface area contributed by atoms with Gasteiger partial charge in [-0.25, -0.2) is 0 Å². The highest BCUT2D eigenvalue weighted by Crippen LogP contribution is 2.28. The van der Waals surface area contributed by atoms with E-state index in [9.17, 15) is 28.8 Å². The van der Waals surface area contributed by atoms with E-state index in [0.29, 0.717) is 67.0 Å². The molecule has 7 rings (SSSR count). The summed E-state index contributed by atoms with van der Waals surface area (Å²) in [5.41, 5.74) is 4.76. The molecule has 12 nitrogen and oxygen atoms in total. The van der Waals surface area contributed by atoms with Gasteiger partial charge in [0.2, 0.25) is 23.4 Å². The van der Waals surface area contributed by atoms with Crippen molar-refractivity contribution in [3.05, 3.63) is 126 Å². The van der Waals surface area contributed by atoms with Crippen LogP contribution in [0.5, 0.6) is 0 Å². The van der Waals surface area contributed by atoms with Crippen LogP contribution in [0.4, 0.5) is 11.4 Å². The number of nitrogens with zero attached hydrogens (tertiary/aromatic N) is 3. The summed E-state index contributed by atoms with van der Waals surface area (Å²) in [5, 5.41) is 13.2. The highest BCUT2D eigenvalue weighted by molar-refractivity contribution is 6.43. The normalized spacial score (nSPS) is 16.6. The fraction of sp³-hybridized carbons (Fsp3) is 0.195. The summed E-state index contributed by atoms with van der Waals surface area (Å²) >= 11 is 0. The molecule has 4 amide bonds. The monoisotopic (exact) mass is 708 g/mol. The van der Waals surface area contributed by atoms with Crippen molar-refractivity contribution in [3.8, 4) is 22.5 Å². The summed E-state index contributed by atoms with van der Waals surface area (Å²) in [4.78, 5) is 80.5. The molecule has 2 saturated heterocycles. The molecule has 266 valence electrons. The van der Waals surface area contributed by atoms with Crippen LogP contribution < -0.4 is 10.6 Å². The molecule has 4 aromatic carbocycles. The van der Waals surface area contributed by atoms with Gasteiger partial charge in [-0.3, -0.25) is 33.9 Å². The van der Waals surface area contributed by atoms with Crippen LogP contribution in [0.1, 0.15) is 46.4 Å². The molecule has 3 N–H and O–H groups in total. The third-order valence-corrected chi connectivity index (χ3v) is 9.58. The highest BCUT2D eigenvalue weighted by atomic mass is 16.2. The van der Waals surface area contributed by atoms with Crippen molar-refractivity contribution in [2.24, 2.45) is 0 Å². The number of aromatic nitrogens is 2. The molecule has 0 saturated carbocycles. The number of anilines is 2. The Morgan fingerprint density at radius 3 is 1.45 bits per heavy atom. The van der Waals surface area contributed by atoms with E-state index in [1.54, 1.807) is 84.9 Å². The van der Waals surface area contributed by atoms with Crippen LogP contribution >= 0.6 is 0 Å². The number of rotatable bonds is 10. The van der Waals surface area contributed by atoms with Crippen molar-refractivity contribution < 1.29 is 28.8 Å². The van der Waals surface area contributed by atoms with E-state index in [1.165, 1.54) is 9.80 Å². The van der Waals surface area contributed by atoms with Crippen LogP contribution in [-0.2, 0) is 19.2 Å². The zero-order chi connectivity index (χ0) is 36.9. The molecular weight excluding hydrogens is 672 g/mol. The van der Waals surface area contributed by atoms with Gasteiger partial charge in [-0.1, -0.05) is 84.9 Å². The summed E-state index contributed by atoms with van der Waals surface area (Å²) in [6.45, 7) is 0.682. The van der Waals surface area contributed by atoms with Crippen molar-refractivity contribution in [2.45, 2.75) is 37.8 Å². The Bertz CT molecular complexity index is 2010. The zero-order valence-corrected chi connectivity index (χ0v) is 28.7. The molecule has 53 heavy (non-hydrogen) atoms. The van der Waals surface area contributed by atoms with Crippen molar-refractivity contribution in [3.63, 3.8) is 0 Å². The highest BCUT2D eigenvalue weighted by Gasteiger charge is 2.38. The maximum atomic E-state index is 13.2. The standard InChI is InChI=1S/C41H36N6O6/c48-36(28-9-3-1-4-10-28)40(52)46-23-7-13-34(46)38(50)42-30-19-15-26(16-20-30)32-25-33(45-44-32)27-17-21-31(22-18-27)43-39(51)35-14-8-24-47(35)41(53)37(49)29-11-5-2-6-12-29/h1-6,9-12,15-22,25,34-35H,7-8,13-14,23-24H2,(H,42,50)(H,43,51)(H,44,45). The lowest BCUT2D eigenvalue weighted by molar-refractivity contribution is -0.132. The summed E-state index contributed by atoms with van der Waals surface area (Å²) in [7, 11) is 0. The van der Waals surface area contributed by atoms with Crippen LogP contribution in [0, 0.1) is 0 Å². The molecule has 0 spiro atoms. The van der Waals surface area contributed by atoms with Gasteiger partial charge in [-0.2, -0.15) is 5.10 Å². The second-order valence-corrected chi connectivity index (χ2v) is 13.0. The lowest BCUT2D eigenvalue weighted by atomic mass is 10.1. The second-order valence-electron chi connectivity index (χ2n) is 13.0. The Labute approximate surface area is 305 Å². The van der Waals surface area contributed by atoms with Crippen molar-refractivity contribution in [1.82, 2.24) is 20.0 Å². The maximum Gasteiger partial charge on any atom is 0.295 e. The summed E-state index contributed by atoms with van der Waals surface area (Å²) < 4.78 is 0. The molecule has 0 aliphatic carbocycles. The number of amides is 4. The van der Waals surface area contributed by atoms with E-state index < -0.39 is 35.5 Å². The fourth-order valence-electron chi connectivity index (χ4n) is 6.78. The summed E-state index contributed by atoms with van der Waals surface area (Å²) in [6, 6.07) is 31.4. The van der Waals surface area contributed by atoms with Gasteiger partial charge in [-0.15, -0.1) is 0 Å². The van der Waals surface area contributed by atoms with E-state index in [2.05, 4.69) is 20.8 Å². The SMILES string of the molecule is O=C(C(=O)N1CCCC1C(=O)Nc1ccc(-c2cc(-c3ccc(NC(=O)C4CCCN4C(=O)C(=O)c4ccccc4)cc3)[nH]n2)cc1)c1ccccc1. The quantitative estimate of drug-likeness (QED) is 0.130. The molecule has 2 atom stereocenters. The third-order valence-electron chi connectivity index (χ3n) is 9.58. The number of hydrogen-bond donors (Lipinski definition) is 3. The molecule has 5 aromatic rings. The number of ketones is 2. The minimum atomic E-state index is -0.736. The topological polar surface area (TPSA) is 162 Å². The maximum absolute atomic E-state index is 13.2. The number of H-pyrrole nitrogens is 1. The predicted octanol–water partition coefficient (Wildman–Crippen LogP) is 5.37. The number of carbonyl (C=O) groups excluding carboxylic acids is 6. The van der Waals surface area contributed by atoms with Crippen molar-refractivity contribution >= 4 is 46.6 Å². The Balaban J connectivity index is 0.941. The summed E-state index contributed by atoms with van der Waals surface area (Å²) in [6.07, 6.45) is 2.20.